The maximum absolute atomic E-state index is 11.0. The summed E-state index contributed by atoms with van der Waals surface area (Å²) < 4.78 is 4.93. The number of benzene rings is 2. The molecule has 0 amide bonds. The van der Waals surface area contributed by atoms with Crippen molar-refractivity contribution in [2.24, 2.45) is 0 Å². The summed E-state index contributed by atoms with van der Waals surface area (Å²) in [4.78, 5) is 13.6. The van der Waals surface area contributed by atoms with E-state index in [-0.39, 0.29) is 6.61 Å². The third-order valence-electron chi connectivity index (χ3n) is 2.41. The average molecular weight is 226 g/mol. The van der Waals surface area contributed by atoms with Gasteiger partial charge in [0, 0.05) is 0 Å². The Morgan fingerprint density at radius 1 is 1.24 bits per heavy atom. The molecule has 0 fully saturated rings. The number of rotatable bonds is 3. The predicted octanol–water partition coefficient (Wildman–Crippen LogP) is 2.18. The van der Waals surface area contributed by atoms with Gasteiger partial charge in [0.25, 0.3) is 0 Å². The van der Waals surface area contributed by atoms with Crippen molar-refractivity contribution in [2.75, 3.05) is 0 Å². The smallest absolute Gasteiger partial charge is 0.413 e. The molecule has 2 aromatic rings. The van der Waals surface area contributed by atoms with E-state index in [1.54, 1.807) is 0 Å². The van der Waals surface area contributed by atoms with Crippen molar-refractivity contribution in [3.63, 3.8) is 0 Å². The quantitative estimate of drug-likeness (QED) is 0.348. The summed E-state index contributed by atoms with van der Waals surface area (Å²) in [5, 5.41) is 2.14. The second-order valence-electron chi connectivity index (χ2n) is 3.49. The third kappa shape index (κ3) is 2.56. The molecule has 0 N–H and O–H groups in total. The maximum atomic E-state index is 11.0. The zero-order valence-electron chi connectivity index (χ0n) is 9.04. The minimum Gasteiger partial charge on any atom is -0.452 e. The van der Waals surface area contributed by atoms with Crippen LogP contribution in [0.3, 0.4) is 0 Å². The van der Waals surface area contributed by atoms with Gasteiger partial charge in [-0.05, 0) is 16.3 Å². The number of carbonyl (C=O) groups is 1. The lowest BCUT2D eigenvalue weighted by Gasteiger charge is -2.05. The topological polar surface area (TPSA) is 62.7 Å². The first-order valence-corrected chi connectivity index (χ1v) is 5.12. The maximum Gasteiger partial charge on any atom is 0.413 e. The summed E-state index contributed by atoms with van der Waals surface area (Å²) in [7, 11) is 0. The van der Waals surface area contributed by atoms with Gasteiger partial charge in [-0.15, -0.1) is 0 Å². The van der Waals surface area contributed by atoms with Gasteiger partial charge in [-0.2, -0.15) is 4.79 Å². The Labute approximate surface area is 98.1 Å². The molecule has 0 atom stereocenters. The fraction of sp³-hybridized carbons (Fsp3) is 0.0769. The van der Waals surface area contributed by atoms with Crippen molar-refractivity contribution in [3.05, 3.63) is 53.6 Å². The zero-order chi connectivity index (χ0) is 12.1. The molecule has 2 rings (SSSR count). The van der Waals surface area contributed by atoms with Crippen molar-refractivity contribution >= 4 is 23.0 Å². The van der Waals surface area contributed by atoms with Crippen LogP contribution in [0, 0.1) is 0 Å². The fourth-order valence-electron chi connectivity index (χ4n) is 1.65. The lowest BCUT2D eigenvalue weighted by molar-refractivity contribution is -0.140. The van der Waals surface area contributed by atoms with Crippen LogP contribution < -0.4 is 0 Å². The largest absolute Gasteiger partial charge is 0.452 e. The lowest BCUT2D eigenvalue weighted by atomic mass is 10.1. The molecule has 0 bridgehead atoms. The van der Waals surface area contributed by atoms with Gasteiger partial charge in [-0.25, -0.2) is 4.79 Å². The molecule has 84 valence electrons. The highest BCUT2D eigenvalue weighted by molar-refractivity contribution is 6.20. The molecule has 0 aliphatic rings. The second-order valence-corrected chi connectivity index (χ2v) is 3.49. The van der Waals surface area contributed by atoms with Crippen LogP contribution in [0.4, 0.5) is 0 Å². The Kier molecular flexibility index (Phi) is 3.28. The van der Waals surface area contributed by atoms with Gasteiger partial charge in [0.05, 0.1) is 0 Å². The van der Waals surface area contributed by atoms with Crippen molar-refractivity contribution in [3.8, 4) is 0 Å². The molecular formula is C13H10N2O2. The molecule has 0 aliphatic heterocycles. The van der Waals surface area contributed by atoms with E-state index >= 15 is 0 Å². The zero-order valence-corrected chi connectivity index (χ0v) is 9.04. The highest BCUT2D eigenvalue weighted by Gasteiger charge is 2.05. The molecule has 0 unspecified atom stereocenters. The van der Waals surface area contributed by atoms with E-state index in [9.17, 15) is 4.79 Å². The number of carbonyl (C=O) groups excluding carboxylic acids is 1. The van der Waals surface area contributed by atoms with E-state index in [1.165, 1.54) is 0 Å². The summed E-state index contributed by atoms with van der Waals surface area (Å²) in [5.41, 5.74) is 9.09. The lowest BCUT2D eigenvalue weighted by Crippen LogP contribution is -2.06. The summed E-state index contributed by atoms with van der Waals surface area (Å²) in [6, 6.07) is 13.7. The Morgan fingerprint density at radius 2 is 2.00 bits per heavy atom. The number of nitrogens with zero attached hydrogens (tertiary/aromatic N) is 2. The number of esters is 1. The van der Waals surface area contributed by atoms with Crippen LogP contribution in [0.25, 0.3) is 16.3 Å². The number of ether oxygens (including phenoxy) is 1. The average Bonchev–Trinajstić information content (AvgIpc) is 2.36. The Bertz CT molecular complexity index is 596. The molecule has 0 heterocycles. The van der Waals surface area contributed by atoms with Gasteiger partial charge in [-0.3, -0.25) is 0 Å². The van der Waals surface area contributed by atoms with Crippen molar-refractivity contribution in [1.29, 1.82) is 0 Å². The molecule has 0 spiro atoms. The van der Waals surface area contributed by atoms with Gasteiger partial charge < -0.3 is 10.3 Å². The normalized spacial score (nSPS) is 9.65. The first-order valence-electron chi connectivity index (χ1n) is 5.12. The Hall–Kier alpha value is -2.45. The van der Waals surface area contributed by atoms with Crippen LogP contribution in [0.2, 0.25) is 0 Å². The summed E-state index contributed by atoms with van der Waals surface area (Å²) in [6.45, 7) is 0.159. The molecule has 17 heavy (non-hydrogen) atoms. The van der Waals surface area contributed by atoms with Crippen LogP contribution in [0.5, 0.6) is 0 Å². The molecule has 0 aliphatic carbocycles. The third-order valence-corrected chi connectivity index (χ3v) is 2.41. The molecule has 4 nitrogen and oxygen atoms in total. The van der Waals surface area contributed by atoms with E-state index < -0.39 is 5.97 Å². The number of hydrogen-bond acceptors (Lipinski definition) is 2. The fourth-order valence-corrected chi connectivity index (χ4v) is 1.65. The molecule has 0 saturated carbocycles. The van der Waals surface area contributed by atoms with Crippen molar-refractivity contribution < 1.29 is 14.3 Å². The SMILES string of the molecule is [N-]=[N+]=CC(=O)OCc1cccc2ccccc12. The van der Waals surface area contributed by atoms with Gasteiger partial charge in [0.15, 0.2) is 0 Å². The highest BCUT2D eigenvalue weighted by Crippen LogP contribution is 2.18. The van der Waals surface area contributed by atoms with Gasteiger partial charge >= 0.3 is 12.2 Å². The highest BCUT2D eigenvalue weighted by atomic mass is 16.5. The monoisotopic (exact) mass is 226 g/mol. The van der Waals surface area contributed by atoms with E-state index in [1.807, 2.05) is 42.5 Å². The predicted molar refractivity (Wildman–Crippen MR) is 63.4 cm³/mol. The molecule has 0 saturated heterocycles. The Morgan fingerprint density at radius 3 is 2.82 bits per heavy atom. The van der Waals surface area contributed by atoms with Gasteiger partial charge in [-0.1, -0.05) is 42.5 Å². The molecule has 4 heteroatoms. The van der Waals surface area contributed by atoms with Crippen LogP contribution in [-0.2, 0) is 16.1 Å². The van der Waals surface area contributed by atoms with Crippen molar-refractivity contribution in [2.45, 2.75) is 6.61 Å². The van der Waals surface area contributed by atoms with E-state index in [2.05, 4.69) is 4.79 Å². The van der Waals surface area contributed by atoms with E-state index in [0.29, 0.717) is 0 Å². The van der Waals surface area contributed by atoms with Gasteiger partial charge in [0.1, 0.15) is 6.61 Å². The van der Waals surface area contributed by atoms with Crippen LogP contribution in [0.15, 0.2) is 42.5 Å². The standard InChI is InChI=1S/C13H10N2O2/c14-15-8-13(16)17-9-11-6-3-5-10-4-1-2-7-12(10)11/h1-8H,9H2. The summed E-state index contributed by atoms with van der Waals surface area (Å²) >= 11 is 0. The molecule has 0 radical (unpaired) electrons. The number of fused-ring (bicyclic) bond motifs is 1. The summed E-state index contributed by atoms with van der Waals surface area (Å²) in [6.07, 6.45) is 0.727. The minimum atomic E-state index is -0.666. The first kappa shape index (κ1) is 11.0. The molecular weight excluding hydrogens is 216 g/mol. The van der Waals surface area contributed by atoms with E-state index in [0.717, 1.165) is 22.6 Å². The van der Waals surface area contributed by atoms with Crippen LogP contribution in [-0.4, -0.2) is 17.0 Å². The first-order chi connectivity index (χ1) is 8.31. The Balaban J connectivity index is 2.24. The van der Waals surface area contributed by atoms with Crippen molar-refractivity contribution in [1.82, 2.24) is 0 Å². The second kappa shape index (κ2) is 5.05. The van der Waals surface area contributed by atoms with Gasteiger partial charge in [0.2, 0.25) is 0 Å². The molecule has 0 aromatic heterocycles. The molecule has 2 aromatic carbocycles. The summed E-state index contributed by atoms with van der Waals surface area (Å²) in [5.74, 6) is -0.666. The number of hydrogen-bond donors (Lipinski definition) is 0. The minimum absolute atomic E-state index is 0.159. The van der Waals surface area contributed by atoms with Crippen LogP contribution >= 0.6 is 0 Å². The van der Waals surface area contributed by atoms with Crippen LogP contribution in [0.1, 0.15) is 5.56 Å². The van der Waals surface area contributed by atoms with E-state index in [4.69, 9.17) is 10.3 Å².